The molecule has 1 atom stereocenters. The molecule has 0 saturated heterocycles. The molecule has 0 rings (SSSR count). The summed E-state index contributed by atoms with van der Waals surface area (Å²) >= 11 is 0. The second-order valence-corrected chi connectivity index (χ2v) is 7.50. The van der Waals surface area contributed by atoms with Crippen molar-refractivity contribution in [3.63, 3.8) is 0 Å². The summed E-state index contributed by atoms with van der Waals surface area (Å²) in [6, 6.07) is 0. The van der Waals surface area contributed by atoms with E-state index in [9.17, 15) is 0 Å². The summed E-state index contributed by atoms with van der Waals surface area (Å²) in [4.78, 5) is 0. The molecule has 0 aromatic carbocycles. The third-order valence-electron chi connectivity index (χ3n) is 6.52. The van der Waals surface area contributed by atoms with Gasteiger partial charge in [-0.2, -0.15) is 0 Å². The Labute approximate surface area is 125 Å². The van der Waals surface area contributed by atoms with Gasteiger partial charge in [0.25, 0.3) is 0 Å². The molecule has 0 radical (unpaired) electrons. The Kier molecular flexibility index (Phi) is 8.20. The largest absolute Gasteiger partial charge is 0.131 e. The molecule has 0 aliphatic heterocycles. The van der Waals surface area contributed by atoms with Gasteiger partial charge in [-0.15, -0.1) is 9.24 Å². The molecule has 0 heterocycles. The van der Waals surface area contributed by atoms with Crippen molar-refractivity contribution >= 4 is 9.24 Å². The Morgan fingerprint density at radius 3 is 1.26 bits per heavy atom. The first kappa shape index (κ1) is 19.4. The summed E-state index contributed by atoms with van der Waals surface area (Å²) in [6.45, 7) is 16.9. The van der Waals surface area contributed by atoms with Crippen LogP contribution in [0.25, 0.3) is 0 Å². The molecule has 0 aliphatic rings. The van der Waals surface area contributed by atoms with Crippen LogP contribution >= 0.6 is 9.24 Å². The van der Waals surface area contributed by atoms with Crippen LogP contribution in [0.1, 0.15) is 99.8 Å². The summed E-state index contributed by atoms with van der Waals surface area (Å²) in [6.07, 6.45) is 10.6. The van der Waals surface area contributed by atoms with Gasteiger partial charge in [-0.05, 0) is 60.9 Å². The molecule has 0 aromatic heterocycles. The highest BCUT2D eigenvalue weighted by atomic mass is 31.0. The van der Waals surface area contributed by atoms with Gasteiger partial charge in [0.05, 0.1) is 0 Å². The number of rotatable bonds is 10. The molecule has 0 aliphatic carbocycles. The molecule has 0 nitrogen and oxygen atoms in total. The highest BCUT2D eigenvalue weighted by Crippen LogP contribution is 2.63. The summed E-state index contributed by atoms with van der Waals surface area (Å²) in [5.41, 5.74) is 0.979. The van der Waals surface area contributed by atoms with Crippen molar-refractivity contribution in [1.29, 1.82) is 0 Å². The van der Waals surface area contributed by atoms with E-state index in [1.54, 1.807) is 0 Å². The lowest BCUT2D eigenvalue weighted by molar-refractivity contribution is -0.0354. The summed E-state index contributed by atoms with van der Waals surface area (Å²) in [7, 11) is 3.30. The van der Waals surface area contributed by atoms with Crippen molar-refractivity contribution in [3.8, 4) is 0 Å². The Morgan fingerprint density at radius 1 is 0.632 bits per heavy atom. The zero-order valence-corrected chi connectivity index (χ0v) is 15.9. The predicted molar refractivity (Wildman–Crippen MR) is 94.0 cm³/mol. The van der Waals surface area contributed by atoms with E-state index in [0.717, 1.165) is 0 Å². The van der Waals surface area contributed by atoms with Crippen LogP contribution in [0.3, 0.4) is 0 Å². The lowest BCUT2D eigenvalue weighted by Gasteiger charge is -2.60. The SMILES string of the molecule is CCCC(CC)(CC)C(CC)(CC)C(P)(CC)CC. The smallest absolute Gasteiger partial charge is 0.00941 e. The quantitative estimate of drug-likeness (QED) is 0.386. The first-order chi connectivity index (χ1) is 8.92. The van der Waals surface area contributed by atoms with E-state index < -0.39 is 0 Å². The molecule has 19 heavy (non-hydrogen) atoms. The van der Waals surface area contributed by atoms with Crippen molar-refractivity contribution in [3.05, 3.63) is 0 Å². The van der Waals surface area contributed by atoms with Gasteiger partial charge >= 0.3 is 0 Å². The number of hydrogen-bond acceptors (Lipinski definition) is 0. The molecule has 1 heteroatoms. The van der Waals surface area contributed by atoms with Crippen molar-refractivity contribution < 1.29 is 0 Å². The van der Waals surface area contributed by atoms with E-state index in [1.807, 2.05) is 0 Å². The summed E-state index contributed by atoms with van der Waals surface area (Å²) in [5.74, 6) is 0. The van der Waals surface area contributed by atoms with Gasteiger partial charge in [-0.3, -0.25) is 0 Å². The fraction of sp³-hybridized carbons (Fsp3) is 1.00. The van der Waals surface area contributed by atoms with Gasteiger partial charge in [0.1, 0.15) is 0 Å². The standard InChI is InChI=1S/C18H39P/c1-8-15-16(9-2,10-3)17(11-4,12-5)18(19,13-6)14-7/h8-15,19H2,1-7H3. The van der Waals surface area contributed by atoms with Crippen molar-refractivity contribution in [2.45, 2.75) is 105 Å². The fourth-order valence-corrected chi connectivity index (χ4v) is 5.87. The molecule has 116 valence electrons. The monoisotopic (exact) mass is 286 g/mol. The Bertz CT molecular complexity index is 232. The topological polar surface area (TPSA) is 0 Å². The summed E-state index contributed by atoms with van der Waals surface area (Å²) < 4.78 is 0. The lowest BCUT2D eigenvalue weighted by Crippen LogP contribution is -2.54. The van der Waals surface area contributed by atoms with Gasteiger partial charge in [0.15, 0.2) is 0 Å². The maximum atomic E-state index is 3.30. The van der Waals surface area contributed by atoms with E-state index in [-0.39, 0.29) is 0 Å². The normalized spacial score (nSPS) is 13.9. The van der Waals surface area contributed by atoms with Gasteiger partial charge in [0.2, 0.25) is 0 Å². The first-order valence-corrected chi connectivity index (χ1v) is 9.29. The fourth-order valence-electron chi connectivity index (χ4n) is 5.16. The van der Waals surface area contributed by atoms with Crippen LogP contribution in [0.4, 0.5) is 0 Å². The van der Waals surface area contributed by atoms with E-state index in [0.29, 0.717) is 16.0 Å². The van der Waals surface area contributed by atoms with E-state index >= 15 is 0 Å². The Hall–Kier alpha value is 0.430. The average Bonchev–Trinajstić information content (AvgIpc) is 2.47. The maximum Gasteiger partial charge on any atom is -0.00941 e. The molecule has 0 bridgehead atoms. The third kappa shape index (κ3) is 3.04. The second-order valence-electron chi connectivity index (χ2n) is 6.39. The van der Waals surface area contributed by atoms with Gasteiger partial charge in [-0.25, -0.2) is 0 Å². The molecule has 0 aromatic rings. The molecular formula is C18H39P. The van der Waals surface area contributed by atoms with E-state index in [2.05, 4.69) is 57.7 Å². The zero-order valence-electron chi connectivity index (χ0n) is 14.7. The predicted octanol–water partition coefficient (Wildman–Crippen LogP) is 6.83. The molecular weight excluding hydrogens is 247 g/mol. The lowest BCUT2D eigenvalue weighted by atomic mass is 9.49. The van der Waals surface area contributed by atoms with Gasteiger partial charge in [-0.1, -0.05) is 54.9 Å². The van der Waals surface area contributed by atoms with E-state index in [1.165, 1.54) is 51.4 Å². The van der Waals surface area contributed by atoms with Crippen LogP contribution in [0.5, 0.6) is 0 Å². The van der Waals surface area contributed by atoms with Crippen LogP contribution in [-0.2, 0) is 0 Å². The molecule has 0 spiro atoms. The van der Waals surface area contributed by atoms with Crippen LogP contribution < -0.4 is 0 Å². The van der Waals surface area contributed by atoms with Crippen LogP contribution in [0.15, 0.2) is 0 Å². The van der Waals surface area contributed by atoms with Crippen molar-refractivity contribution in [2.24, 2.45) is 10.8 Å². The summed E-state index contributed by atoms with van der Waals surface area (Å²) in [5, 5.41) is 0.400. The minimum atomic E-state index is 0.400. The zero-order chi connectivity index (χ0) is 15.2. The van der Waals surface area contributed by atoms with Crippen molar-refractivity contribution in [2.75, 3.05) is 0 Å². The highest BCUT2D eigenvalue weighted by molar-refractivity contribution is 7.19. The maximum absolute atomic E-state index is 3.30. The Balaban J connectivity index is 5.96. The van der Waals surface area contributed by atoms with E-state index in [4.69, 9.17) is 0 Å². The minimum absolute atomic E-state index is 0.400. The number of hydrogen-bond donors (Lipinski definition) is 0. The van der Waals surface area contributed by atoms with Gasteiger partial charge < -0.3 is 0 Å². The van der Waals surface area contributed by atoms with Crippen molar-refractivity contribution in [1.82, 2.24) is 0 Å². The highest BCUT2D eigenvalue weighted by Gasteiger charge is 2.54. The average molecular weight is 286 g/mol. The molecule has 0 amide bonds. The molecule has 0 saturated carbocycles. The second kappa shape index (κ2) is 8.02. The molecule has 1 unspecified atom stereocenters. The Morgan fingerprint density at radius 2 is 1.05 bits per heavy atom. The van der Waals surface area contributed by atoms with Crippen LogP contribution in [0, 0.1) is 10.8 Å². The first-order valence-electron chi connectivity index (χ1n) is 8.71. The third-order valence-corrected chi connectivity index (χ3v) is 7.89. The molecule has 0 N–H and O–H groups in total. The van der Waals surface area contributed by atoms with Crippen LogP contribution in [0.2, 0.25) is 0 Å². The van der Waals surface area contributed by atoms with Gasteiger partial charge in [0, 0.05) is 0 Å². The minimum Gasteiger partial charge on any atom is -0.131 e. The van der Waals surface area contributed by atoms with Crippen LogP contribution in [-0.4, -0.2) is 5.16 Å². The molecule has 0 fully saturated rings.